The fourth-order valence-electron chi connectivity index (χ4n) is 2.73. The van der Waals surface area contributed by atoms with Gasteiger partial charge >= 0.3 is 5.97 Å². The lowest BCUT2D eigenvalue weighted by Crippen LogP contribution is -2.30. The van der Waals surface area contributed by atoms with E-state index < -0.39 is 18.0 Å². The highest BCUT2D eigenvalue weighted by Crippen LogP contribution is 2.27. The third kappa shape index (κ3) is 4.57. The summed E-state index contributed by atoms with van der Waals surface area (Å²) in [4.78, 5) is 24.9. The molecule has 0 spiro atoms. The zero-order valence-electron chi connectivity index (χ0n) is 15.7. The predicted octanol–water partition coefficient (Wildman–Crippen LogP) is 4.55. The number of hydrogen-bond acceptors (Lipinski definition) is 4. The molecule has 3 aromatic rings. The van der Waals surface area contributed by atoms with Gasteiger partial charge in [-0.05, 0) is 36.8 Å². The number of nitrogens with one attached hydrogen (secondary N) is 1. The summed E-state index contributed by atoms with van der Waals surface area (Å²) in [5.41, 5.74) is 2.86. The number of carbonyl (C=O) groups excluding carboxylic acids is 2. The second-order valence-electron chi connectivity index (χ2n) is 6.18. The summed E-state index contributed by atoms with van der Waals surface area (Å²) in [5, 5.41) is 2.85. The molecular formula is C23H21NO4. The first-order valence-electron chi connectivity index (χ1n) is 8.89. The van der Waals surface area contributed by atoms with Crippen LogP contribution in [-0.2, 0) is 9.53 Å². The minimum atomic E-state index is -0.956. The number of rotatable bonds is 6. The van der Waals surface area contributed by atoms with Crippen LogP contribution in [0.2, 0.25) is 0 Å². The van der Waals surface area contributed by atoms with E-state index in [4.69, 9.17) is 9.47 Å². The number of amides is 1. The lowest BCUT2D eigenvalue weighted by Gasteiger charge is -2.16. The summed E-state index contributed by atoms with van der Waals surface area (Å²) < 4.78 is 10.4. The van der Waals surface area contributed by atoms with Crippen LogP contribution in [0.1, 0.15) is 17.3 Å². The number of hydrogen-bond donors (Lipinski definition) is 1. The molecule has 0 saturated carbocycles. The van der Waals surface area contributed by atoms with E-state index in [1.807, 2.05) is 54.6 Å². The average molecular weight is 375 g/mol. The predicted molar refractivity (Wildman–Crippen MR) is 108 cm³/mol. The molecule has 0 radical (unpaired) electrons. The van der Waals surface area contributed by atoms with Crippen molar-refractivity contribution in [3.05, 3.63) is 84.4 Å². The van der Waals surface area contributed by atoms with Crippen LogP contribution in [0.4, 0.5) is 5.69 Å². The lowest BCUT2D eigenvalue weighted by molar-refractivity contribution is -0.123. The van der Waals surface area contributed by atoms with Crippen LogP contribution < -0.4 is 10.1 Å². The molecular weight excluding hydrogens is 354 g/mol. The lowest BCUT2D eigenvalue weighted by atomic mass is 10.0. The van der Waals surface area contributed by atoms with Crippen LogP contribution in [0.25, 0.3) is 11.1 Å². The highest BCUT2D eigenvalue weighted by molar-refractivity contribution is 6.00. The summed E-state index contributed by atoms with van der Waals surface area (Å²) in [6, 6.07) is 23.8. The first-order chi connectivity index (χ1) is 13.6. The van der Waals surface area contributed by atoms with Gasteiger partial charge < -0.3 is 14.8 Å². The topological polar surface area (TPSA) is 64.6 Å². The van der Waals surface area contributed by atoms with Crippen molar-refractivity contribution in [2.45, 2.75) is 13.0 Å². The van der Waals surface area contributed by atoms with Gasteiger partial charge in [-0.2, -0.15) is 0 Å². The number of benzene rings is 3. The van der Waals surface area contributed by atoms with Crippen molar-refractivity contribution >= 4 is 17.6 Å². The molecule has 0 fully saturated rings. The number of carbonyl (C=O) groups is 2. The summed E-state index contributed by atoms with van der Waals surface area (Å²) in [6.07, 6.45) is -0.956. The summed E-state index contributed by atoms with van der Waals surface area (Å²) in [6.45, 7) is 1.54. The van der Waals surface area contributed by atoms with E-state index in [1.54, 1.807) is 31.2 Å². The van der Waals surface area contributed by atoms with Crippen LogP contribution in [0.3, 0.4) is 0 Å². The first-order valence-corrected chi connectivity index (χ1v) is 8.89. The zero-order chi connectivity index (χ0) is 19.9. The molecule has 3 rings (SSSR count). The Morgan fingerprint density at radius 3 is 2.36 bits per heavy atom. The van der Waals surface area contributed by atoms with Gasteiger partial charge in [-0.1, -0.05) is 54.6 Å². The average Bonchev–Trinajstić information content (AvgIpc) is 2.74. The minimum Gasteiger partial charge on any atom is -0.497 e. The van der Waals surface area contributed by atoms with E-state index in [1.165, 1.54) is 7.11 Å². The molecule has 0 heterocycles. The highest BCUT2D eigenvalue weighted by atomic mass is 16.5. The van der Waals surface area contributed by atoms with Gasteiger partial charge in [0.15, 0.2) is 6.10 Å². The maximum atomic E-state index is 12.6. The molecule has 0 aromatic heterocycles. The number of ether oxygens (including phenoxy) is 2. The van der Waals surface area contributed by atoms with Gasteiger partial charge in [-0.15, -0.1) is 0 Å². The molecule has 0 bridgehead atoms. The van der Waals surface area contributed by atoms with Gasteiger partial charge in [0.2, 0.25) is 0 Å². The molecule has 5 heteroatoms. The zero-order valence-corrected chi connectivity index (χ0v) is 15.7. The molecule has 1 N–H and O–H groups in total. The van der Waals surface area contributed by atoms with Crippen LogP contribution in [0, 0.1) is 0 Å². The van der Waals surface area contributed by atoms with Crippen molar-refractivity contribution in [3.8, 4) is 16.9 Å². The van der Waals surface area contributed by atoms with E-state index >= 15 is 0 Å². The number of esters is 1. The van der Waals surface area contributed by atoms with Gasteiger partial charge in [0.05, 0.1) is 12.7 Å². The second kappa shape index (κ2) is 8.86. The Kier molecular flexibility index (Phi) is 6.07. The van der Waals surface area contributed by atoms with Crippen molar-refractivity contribution in [1.29, 1.82) is 0 Å². The standard InChI is InChI=1S/C23H21NO4/c1-16(28-23(26)18-11-8-12-19(15-18)27-2)22(25)24-21-14-7-6-13-20(21)17-9-4-3-5-10-17/h3-16H,1-2H3,(H,24,25)/t16-/m0/s1. The molecule has 0 aliphatic heterocycles. The van der Waals surface area contributed by atoms with Gasteiger partial charge in [0, 0.05) is 11.3 Å². The SMILES string of the molecule is COc1cccc(C(=O)O[C@@H](C)C(=O)Nc2ccccc2-c2ccccc2)c1. The number of anilines is 1. The quantitative estimate of drug-likeness (QED) is 0.642. The molecule has 5 nitrogen and oxygen atoms in total. The van der Waals surface area contributed by atoms with Crippen molar-refractivity contribution in [3.63, 3.8) is 0 Å². The maximum Gasteiger partial charge on any atom is 0.339 e. The smallest absolute Gasteiger partial charge is 0.339 e. The van der Waals surface area contributed by atoms with Gasteiger partial charge in [0.25, 0.3) is 5.91 Å². The largest absolute Gasteiger partial charge is 0.497 e. The Morgan fingerprint density at radius 2 is 1.61 bits per heavy atom. The van der Waals surface area contributed by atoms with Crippen LogP contribution in [-0.4, -0.2) is 25.1 Å². The van der Waals surface area contributed by atoms with Gasteiger partial charge in [-0.25, -0.2) is 4.79 Å². The normalized spacial score (nSPS) is 11.4. The first kappa shape index (κ1) is 19.2. The van der Waals surface area contributed by atoms with Crippen LogP contribution in [0.5, 0.6) is 5.75 Å². The molecule has 142 valence electrons. The highest BCUT2D eigenvalue weighted by Gasteiger charge is 2.20. The monoisotopic (exact) mass is 375 g/mol. The van der Waals surface area contributed by atoms with Gasteiger partial charge in [0.1, 0.15) is 5.75 Å². The molecule has 1 amide bonds. The Bertz CT molecular complexity index is 969. The summed E-state index contributed by atoms with van der Waals surface area (Å²) >= 11 is 0. The number of para-hydroxylation sites is 1. The Morgan fingerprint density at radius 1 is 0.893 bits per heavy atom. The van der Waals surface area contributed by atoms with E-state index in [-0.39, 0.29) is 0 Å². The molecule has 0 unspecified atom stereocenters. The van der Waals surface area contributed by atoms with Crippen molar-refractivity contribution < 1.29 is 19.1 Å². The van der Waals surface area contributed by atoms with Crippen LogP contribution in [0.15, 0.2) is 78.9 Å². The summed E-state index contributed by atoms with van der Waals surface area (Å²) in [7, 11) is 1.52. The Labute approximate surface area is 163 Å². The van der Waals surface area contributed by atoms with Crippen LogP contribution >= 0.6 is 0 Å². The fraction of sp³-hybridized carbons (Fsp3) is 0.130. The van der Waals surface area contributed by atoms with E-state index in [0.29, 0.717) is 17.0 Å². The van der Waals surface area contributed by atoms with Gasteiger partial charge in [-0.3, -0.25) is 4.79 Å². The Hall–Kier alpha value is -3.60. The van der Waals surface area contributed by atoms with E-state index in [9.17, 15) is 9.59 Å². The molecule has 28 heavy (non-hydrogen) atoms. The third-order valence-corrected chi connectivity index (χ3v) is 4.23. The third-order valence-electron chi connectivity index (χ3n) is 4.23. The van der Waals surface area contributed by atoms with E-state index in [0.717, 1.165) is 11.1 Å². The van der Waals surface area contributed by atoms with Crippen molar-refractivity contribution in [1.82, 2.24) is 0 Å². The molecule has 1 atom stereocenters. The molecule has 0 aliphatic rings. The molecule has 0 saturated heterocycles. The van der Waals surface area contributed by atoms with Crippen molar-refractivity contribution in [2.24, 2.45) is 0 Å². The van der Waals surface area contributed by atoms with Crippen molar-refractivity contribution in [2.75, 3.05) is 12.4 Å². The molecule has 0 aliphatic carbocycles. The molecule has 3 aromatic carbocycles. The second-order valence-corrected chi connectivity index (χ2v) is 6.18. The minimum absolute atomic E-state index is 0.323. The number of methoxy groups -OCH3 is 1. The summed E-state index contributed by atoms with van der Waals surface area (Å²) in [5.74, 6) is -0.444. The fourth-order valence-corrected chi connectivity index (χ4v) is 2.73. The van der Waals surface area contributed by atoms with E-state index in [2.05, 4.69) is 5.32 Å². The maximum absolute atomic E-state index is 12.6. The Balaban J connectivity index is 1.70.